The number of hydrogen-bond donors (Lipinski definition) is 1. The van der Waals surface area contributed by atoms with E-state index in [0.717, 1.165) is 31.4 Å². The van der Waals surface area contributed by atoms with Crippen molar-refractivity contribution in [2.24, 2.45) is 5.41 Å². The summed E-state index contributed by atoms with van der Waals surface area (Å²) in [6.07, 6.45) is 5.24. The van der Waals surface area contributed by atoms with Crippen molar-refractivity contribution >= 4 is 0 Å². The Bertz CT molecular complexity index is 1530. The fourth-order valence-corrected chi connectivity index (χ4v) is 10.9. The van der Waals surface area contributed by atoms with Gasteiger partial charge in [0.05, 0.1) is 0 Å². The molecule has 1 aromatic carbocycles. The number of aliphatic hydroxyl groups is 1. The zero-order valence-electron chi connectivity index (χ0n) is 21.5. The first kappa shape index (κ1) is 25.4. The zero-order valence-corrected chi connectivity index (χ0v) is 23.7. The van der Waals surface area contributed by atoms with Gasteiger partial charge in [0.2, 0.25) is 0 Å². The summed E-state index contributed by atoms with van der Waals surface area (Å²) in [6, 6.07) is 9.37. The minimum absolute atomic E-state index is 0.144. The number of hydrogen-bond acceptors (Lipinski definition) is 6. The molecule has 0 saturated carbocycles. The van der Waals surface area contributed by atoms with Gasteiger partial charge in [-0.25, -0.2) is 0 Å². The van der Waals surface area contributed by atoms with Crippen molar-refractivity contribution in [3.05, 3.63) is 89.3 Å². The molecule has 4 aromatic rings. The van der Waals surface area contributed by atoms with E-state index in [-0.39, 0.29) is 43.8 Å². The Morgan fingerprint density at radius 2 is 1.76 bits per heavy atom. The molecule has 1 saturated heterocycles. The summed E-state index contributed by atoms with van der Waals surface area (Å²) in [7, 11) is 0. The Labute approximate surface area is 230 Å². The van der Waals surface area contributed by atoms with Crippen LogP contribution in [0.4, 0.5) is 8.78 Å². The Morgan fingerprint density at radius 3 is 2.45 bits per heavy atom. The fourth-order valence-electron chi connectivity index (χ4n) is 5.81. The fraction of sp³-hybridized carbons (Fsp3) is 0.345. The molecule has 2 bridgehead atoms. The van der Waals surface area contributed by atoms with E-state index in [1.807, 2.05) is 18.3 Å². The number of halogens is 3. The molecule has 1 N–H and O–H groups in total. The van der Waals surface area contributed by atoms with Crippen LogP contribution in [0.1, 0.15) is 56.3 Å². The van der Waals surface area contributed by atoms with Gasteiger partial charge in [0.25, 0.3) is 0 Å². The number of aromatic nitrogens is 5. The van der Waals surface area contributed by atoms with Gasteiger partial charge in [0.15, 0.2) is 0 Å². The predicted octanol–water partition coefficient (Wildman–Crippen LogP) is 2.01. The van der Waals surface area contributed by atoms with Crippen molar-refractivity contribution in [1.82, 2.24) is 25.1 Å². The molecular formula is C29H27F2IN5O-. The summed E-state index contributed by atoms with van der Waals surface area (Å²) in [5, 5.41) is 19.3. The van der Waals surface area contributed by atoms with E-state index in [4.69, 9.17) is 4.98 Å². The number of rotatable bonds is 4. The zero-order chi connectivity index (χ0) is 26.9. The molecule has 0 radical (unpaired) electrons. The summed E-state index contributed by atoms with van der Waals surface area (Å²) < 4.78 is 31.2. The second-order valence-corrected chi connectivity index (χ2v) is 13.8. The molecule has 9 heteroatoms. The molecule has 4 heterocycles. The molecule has 196 valence electrons. The van der Waals surface area contributed by atoms with Crippen LogP contribution in [-0.4, -0.2) is 39.1 Å². The molecule has 1 aliphatic carbocycles. The predicted molar refractivity (Wildman–Crippen MR) is 135 cm³/mol. The third-order valence-corrected chi connectivity index (χ3v) is 11.3. The molecule has 38 heavy (non-hydrogen) atoms. The molecule has 6 nitrogen and oxygen atoms in total. The molecule has 2 aliphatic rings. The first-order valence-electron chi connectivity index (χ1n) is 12.4. The van der Waals surface area contributed by atoms with Crippen molar-refractivity contribution in [2.45, 2.75) is 44.6 Å². The maximum atomic E-state index is 14.6. The van der Waals surface area contributed by atoms with Gasteiger partial charge < -0.3 is 0 Å². The number of alkyl halides is 2. The maximum absolute atomic E-state index is 14.6. The van der Waals surface area contributed by atoms with E-state index in [1.165, 1.54) is 18.2 Å². The van der Waals surface area contributed by atoms with Crippen LogP contribution >= 0.6 is 0 Å². The van der Waals surface area contributed by atoms with Crippen molar-refractivity contribution in [3.8, 4) is 22.5 Å². The summed E-state index contributed by atoms with van der Waals surface area (Å²) in [6.45, 7) is 7.87. The average Bonchev–Trinajstić information content (AvgIpc) is 2.98. The van der Waals surface area contributed by atoms with Gasteiger partial charge in [-0.05, 0) is 0 Å². The van der Waals surface area contributed by atoms with Crippen LogP contribution < -0.4 is 21.2 Å². The Balaban J connectivity index is 1.48. The second kappa shape index (κ2) is 8.81. The molecule has 0 unspecified atom stereocenters. The Kier molecular flexibility index (Phi) is 5.88. The molecule has 1 fully saturated rings. The van der Waals surface area contributed by atoms with Gasteiger partial charge in [0.1, 0.15) is 0 Å². The van der Waals surface area contributed by atoms with Crippen LogP contribution in [0.3, 0.4) is 0 Å². The monoisotopic (exact) mass is 626 g/mol. The standard InChI is InChI=1S/C29H27F2IN5O/c1-27(2)18-11-32-15-29(27,26-17(18)10-21(36-37-26)25-19(30)6-5-7-20(25)31)24-14-33-13-22(35-24)16-8-9-23(34-12-16)28(3,4)38/h5-10,12-14,18,38H,11,15H2,1-4H3/q-1/t18-,29-/m0/s1. The van der Waals surface area contributed by atoms with Gasteiger partial charge in [-0.15, -0.1) is 0 Å². The van der Waals surface area contributed by atoms with E-state index in [0.29, 0.717) is 11.4 Å². The normalized spacial score (nSPS) is 22.0. The summed E-state index contributed by atoms with van der Waals surface area (Å²) in [5.74, 6) is -1.12. The van der Waals surface area contributed by atoms with Crippen LogP contribution in [0.2, 0.25) is 0 Å². The average molecular weight is 626 g/mol. The summed E-state index contributed by atoms with van der Waals surface area (Å²) >= 11 is -0.171. The van der Waals surface area contributed by atoms with Crippen LogP contribution in [0.25, 0.3) is 22.5 Å². The molecule has 6 rings (SSSR count). The molecule has 0 amide bonds. The first-order chi connectivity index (χ1) is 18.0. The van der Waals surface area contributed by atoms with Crippen LogP contribution in [0.15, 0.2) is 55.0 Å². The third kappa shape index (κ3) is 3.69. The van der Waals surface area contributed by atoms with Gasteiger partial charge >= 0.3 is 231 Å². The summed E-state index contributed by atoms with van der Waals surface area (Å²) in [5.41, 5.74) is 3.03. The van der Waals surface area contributed by atoms with Crippen molar-refractivity contribution in [1.29, 1.82) is 0 Å². The van der Waals surface area contributed by atoms with E-state index >= 15 is 0 Å². The molecule has 2 atom stereocenters. The number of nitrogens with zero attached hydrogens (tertiary/aromatic N) is 5. The number of pyridine rings is 1. The van der Waals surface area contributed by atoms with Crippen LogP contribution in [0.5, 0.6) is 0 Å². The molecule has 1 aliphatic heterocycles. The van der Waals surface area contributed by atoms with E-state index in [1.54, 1.807) is 32.3 Å². The van der Waals surface area contributed by atoms with E-state index < -0.39 is 22.7 Å². The second-order valence-electron chi connectivity index (χ2n) is 11.1. The quantitative estimate of drug-likeness (QED) is 0.276. The van der Waals surface area contributed by atoms with Crippen molar-refractivity contribution < 1.29 is 35.1 Å². The third-order valence-electron chi connectivity index (χ3n) is 8.11. The topological polar surface area (TPSA) is 84.7 Å². The Morgan fingerprint density at radius 1 is 1.00 bits per heavy atom. The number of benzene rings is 1. The minimum atomic E-state index is -1.04. The van der Waals surface area contributed by atoms with Crippen molar-refractivity contribution in [3.63, 3.8) is 0 Å². The van der Waals surface area contributed by atoms with E-state index in [9.17, 15) is 13.9 Å². The van der Waals surface area contributed by atoms with E-state index in [2.05, 4.69) is 34.0 Å². The first-order valence-corrected chi connectivity index (χ1v) is 15.5. The van der Waals surface area contributed by atoms with Gasteiger partial charge in [-0.2, -0.15) is 0 Å². The van der Waals surface area contributed by atoms with Crippen molar-refractivity contribution in [2.75, 3.05) is 8.86 Å². The SMILES string of the molecule is CC(C)(O)c1ccc(-c2cncc([C@@]34C[I-]C[C@@H](c5cc(-c6c(F)cccc6F)nnc53)C4(C)C)n2)cn1. The van der Waals surface area contributed by atoms with Gasteiger partial charge in [-0.3, -0.25) is 0 Å². The van der Waals surface area contributed by atoms with Crippen LogP contribution in [0, 0.1) is 17.0 Å². The Hall–Kier alpha value is -2.92. The van der Waals surface area contributed by atoms with Gasteiger partial charge in [0, 0.05) is 0 Å². The molecule has 3 aromatic heterocycles. The van der Waals surface area contributed by atoms with Crippen LogP contribution in [-0.2, 0) is 11.0 Å². The summed E-state index contributed by atoms with van der Waals surface area (Å²) in [4.78, 5) is 14.1. The van der Waals surface area contributed by atoms with Gasteiger partial charge in [-0.1, -0.05) is 0 Å². The number of fused-ring (bicyclic) bond motifs is 5. The molecular weight excluding hydrogens is 599 g/mol. The molecule has 0 spiro atoms.